The Balaban J connectivity index is 1.46. The summed E-state index contributed by atoms with van der Waals surface area (Å²) in [5, 5.41) is 3.54. The standard InChI is InChI=1S/C18H29N3/c1-3-18(2)8-10-21(11-9-18)14-17-5-4-15(13-20-17)12-19-16-6-7-16/h4-5,13,16,19H,3,6-12,14H2,1-2H3. The molecule has 0 spiro atoms. The summed E-state index contributed by atoms with van der Waals surface area (Å²) in [4.78, 5) is 7.20. The molecule has 0 aromatic carbocycles. The molecular formula is C18H29N3. The maximum atomic E-state index is 4.65. The van der Waals surface area contributed by atoms with Gasteiger partial charge in [-0.15, -0.1) is 0 Å². The van der Waals surface area contributed by atoms with Gasteiger partial charge in [-0.3, -0.25) is 9.88 Å². The maximum Gasteiger partial charge on any atom is 0.0544 e. The van der Waals surface area contributed by atoms with Crippen molar-refractivity contribution in [1.29, 1.82) is 0 Å². The Bertz CT molecular complexity index is 442. The van der Waals surface area contributed by atoms with Crippen LogP contribution in [-0.4, -0.2) is 29.0 Å². The summed E-state index contributed by atoms with van der Waals surface area (Å²) in [5.74, 6) is 0. The van der Waals surface area contributed by atoms with Gasteiger partial charge in [-0.2, -0.15) is 0 Å². The molecule has 0 bridgehead atoms. The largest absolute Gasteiger partial charge is 0.310 e. The van der Waals surface area contributed by atoms with Crippen LogP contribution in [0.2, 0.25) is 0 Å². The Morgan fingerprint density at radius 2 is 2.05 bits per heavy atom. The predicted molar refractivity (Wildman–Crippen MR) is 87.0 cm³/mol. The van der Waals surface area contributed by atoms with Crippen LogP contribution in [0.3, 0.4) is 0 Å². The van der Waals surface area contributed by atoms with Gasteiger partial charge in [-0.05, 0) is 55.8 Å². The molecule has 0 atom stereocenters. The monoisotopic (exact) mass is 287 g/mol. The van der Waals surface area contributed by atoms with Crippen LogP contribution in [0.1, 0.15) is 57.2 Å². The fraction of sp³-hybridized carbons (Fsp3) is 0.722. The third kappa shape index (κ3) is 4.27. The summed E-state index contributed by atoms with van der Waals surface area (Å²) in [6.07, 6.45) is 8.70. The van der Waals surface area contributed by atoms with E-state index in [0.717, 1.165) is 19.1 Å². The number of pyridine rings is 1. The van der Waals surface area contributed by atoms with Crippen LogP contribution in [0, 0.1) is 5.41 Å². The van der Waals surface area contributed by atoms with Crippen molar-refractivity contribution in [2.45, 2.75) is 65.1 Å². The minimum atomic E-state index is 0.572. The molecule has 2 heterocycles. The third-order valence-electron chi connectivity index (χ3n) is 5.36. The molecule has 0 amide bonds. The molecular weight excluding hydrogens is 258 g/mol. The first-order chi connectivity index (χ1) is 10.2. The summed E-state index contributed by atoms with van der Waals surface area (Å²) >= 11 is 0. The zero-order chi connectivity index (χ0) is 14.7. The van der Waals surface area contributed by atoms with Crippen LogP contribution in [0.5, 0.6) is 0 Å². The van der Waals surface area contributed by atoms with E-state index in [1.807, 2.05) is 6.20 Å². The van der Waals surface area contributed by atoms with Gasteiger partial charge >= 0.3 is 0 Å². The van der Waals surface area contributed by atoms with Gasteiger partial charge < -0.3 is 5.32 Å². The second-order valence-corrected chi connectivity index (χ2v) is 7.25. The number of hydrogen-bond acceptors (Lipinski definition) is 3. The van der Waals surface area contributed by atoms with Crippen molar-refractivity contribution in [3.05, 3.63) is 29.6 Å². The average molecular weight is 287 g/mol. The van der Waals surface area contributed by atoms with Crippen LogP contribution < -0.4 is 5.32 Å². The zero-order valence-corrected chi connectivity index (χ0v) is 13.6. The van der Waals surface area contributed by atoms with E-state index in [2.05, 4.69) is 41.2 Å². The number of hydrogen-bond donors (Lipinski definition) is 1. The molecule has 21 heavy (non-hydrogen) atoms. The van der Waals surface area contributed by atoms with Crippen molar-refractivity contribution in [1.82, 2.24) is 15.2 Å². The highest BCUT2D eigenvalue weighted by molar-refractivity contribution is 5.14. The van der Waals surface area contributed by atoms with Crippen molar-refractivity contribution >= 4 is 0 Å². The summed E-state index contributed by atoms with van der Waals surface area (Å²) < 4.78 is 0. The molecule has 1 saturated heterocycles. The predicted octanol–water partition coefficient (Wildman–Crippen LogP) is 3.35. The topological polar surface area (TPSA) is 28.2 Å². The Morgan fingerprint density at radius 1 is 1.29 bits per heavy atom. The lowest BCUT2D eigenvalue weighted by molar-refractivity contribution is 0.109. The molecule has 2 fully saturated rings. The van der Waals surface area contributed by atoms with Crippen LogP contribution in [-0.2, 0) is 13.1 Å². The van der Waals surface area contributed by atoms with Crippen molar-refractivity contribution in [3.63, 3.8) is 0 Å². The van der Waals surface area contributed by atoms with Gasteiger partial charge in [0.05, 0.1) is 5.69 Å². The van der Waals surface area contributed by atoms with Gasteiger partial charge in [0.25, 0.3) is 0 Å². The lowest BCUT2D eigenvalue weighted by Gasteiger charge is -2.38. The van der Waals surface area contributed by atoms with Gasteiger partial charge in [0.2, 0.25) is 0 Å². The molecule has 1 aromatic heterocycles. The van der Waals surface area contributed by atoms with Gasteiger partial charge in [0.15, 0.2) is 0 Å². The molecule has 1 aromatic rings. The fourth-order valence-corrected chi connectivity index (χ4v) is 3.04. The number of likely N-dealkylation sites (tertiary alicyclic amines) is 1. The Labute approximate surface area is 129 Å². The molecule has 1 N–H and O–H groups in total. The van der Waals surface area contributed by atoms with E-state index in [0.29, 0.717) is 5.41 Å². The molecule has 0 unspecified atom stereocenters. The second-order valence-electron chi connectivity index (χ2n) is 7.25. The van der Waals surface area contributed by atoms with Gasteiger partial charge in [-0.1, -0.05) is 26.3 Å². The van der Waals surface area contributed by atoms with E-state index in [9.17, 15) is 0 Å². The Hall–Kier alpha value is -0.930. The van der Waals surface area contributed by atoms with Crippen molar-refractivity contribution in [2.24, 2.45) is 5.41 Å². The minimum Gasteiger partial charge on any atom is -0.310 e. The lowest BCUT2D eigenvalue weighted by atomic mass is 9.78. The zero-order valence-electron chi connectivity index (χ0n) is 13.6. The quantitative estimate of drug-likeness (QED) is 0.869. The number of nitrogens with one attached hydrogen (secondary N) is 1. The highest BCUT2D eigenvalue weighted by atomic mass is 15.1. The molecule has 3 heteroatoms. The summed E-state index contributed by atoms with van der Waals surface area (Å²) in [6, 6.07) is 5.21. The van der Waals surface area contributed by atoms with Crippen LogP contribution in [0.4, 0.5) is 0 Å². The fourth-order valence-electron chi connectivity index (χ4n) is 3.04. The molecule has 1 saturated carbocycles. The SMILES string of the molecule is CCC1(C)CCN(Cc2ccc(CNC3CC3)cn2)CC1. The summed E-state index contributed by atoms with van der Waals surface area (Å²) in [5.41, 5.74) is 3.09. The number of piperidine rings is 1. The van der Waals surface area contributed by atoms with Gasteiger partial charge in [-0.25, -0.2) is 0 Å². The van der Waals surface area contributed by atoms with Gasteiger partial charge in [0.1, 0.15) is 0 Å². The molecule has 2 aliphatic rings. The number of aromatic nitrogens is 1. The molecule has 0 radical (unpaired) electrons. The highest BCUT2D eigenvalue weighted by Crippen LogP contribution is 2.34. The van der Waals surface area contributed by atoms with Crippen molar-refractivity contribution in [2.75, 3.05) is 13.1 Å². The molecule has 1 aliphatic heterocycles. The van der Waals surface area contributed by atoms with Crippen LogP contribution in [0.25, 0.3) is 0 Å². The Morgan fingerprint density at radius 3 is 2.62 bits per heavy atom. The first-order valence-electron chi connectivity index (χ1n) is 8.56. The van der Waals surface area contributed by atoms with Crippen LogP contribution in [0.15, 0.2) is 18.3 Å². The average Bonchev–Trinajstić information content (AvgIpc) is 3.33. The summed E-state index contributed by atoms with van der Waals surface area (Å²) in [6.45, 7) is 9.18. The van der Waals surface area contributed by atoms with E-state index >= 15 is 0 Å². The minimum absolute atomic E-state index is 0.572. The number of rotatable bonds is 6. The van der Waals surface area contributed by atoms with Crippen molar-refractivity contribution < 1.29 is 0 Å². The van der Waals surface area contributed by atoms with Crippen LogP contribution >= 0.6 is 0 Å². The van der Waals surface area contributed by atoms with E-state index in [1.165, 1.54) is 56.5 Å². The molecule has 3 nitrogen and oxygen atoms in total. The molecule has 3 rings (SSSR count). The first-order valence-corrected chi connectivity index (χ1v) is 8.56. The number of nitrogens with zero attached hydrogens (tertiary/aromatic N) is 2. The third-order valence-corrected chi connectivity index (χ3v) is 5.36. The van der Waals surface area contributed by atoms with E-state index < -0.39 is 0 Å². The molecule has 116 valence electrons. The summed E-state index contributed by atoms with van der Waals surface area (Å²) in [7, 11) is 0. The highest BCUT2D eigenvalue weighted by Gasteiger charge is 2.28. The lowest BCUT2D eigenvalue weighted by Crippen LogP contribution is -2.38. The van der Waals surface area contributed by atoms with Gasteiger partial charge in [0, 0.05) is 25.3 Å². The Kier molecular flexibility index (Phi) is 4.60. The molecule has 1 aliphatic carbocycles. The first kappa shape index (κ1) is 15.0. The van der Waals surface area contributed by atoms with E-state index in [1.54, 1.807) is 0 Å². The maximum absolute atomic E-state index is 4.65. The smallest absolute Gasteiger partial charge is 0.0544 e. The van der Waals surface area contributed by atoms with E-state index in [4.69, 9.17) is 0 Å². The van der Waals surface area contributed by atoms with Crippen molar-refractivity contribution in [3.8, 4) is 0 Å². The van der Waals surface area contributed by atoms with E-state index in [-0.39, 0.29) is 0 Å². The normalized spacial score (nSPS) is 22.4. The second kappa shape index (κ2) is 6.45.